The highest BCUT2D eigenvalue weighted by atomic mass is 35.5. The lowest BCUT2D eigenvalue weighted by Crippen LogP contribution is -2.49. The monoisotopic (exact) mass is 391 g/mol. The highest BCUT2D eigenvalue weighted by molar-refractivity contribution is 7.88. The zero-order chi connectivity index (χ0) is 18.1. The van der Waals surface area contributed by atoms with Crippen molar-refractivity contribution in [2.24, 2.45) is 0 Å². The maximum absolute atomic E-state index is 12.8. The minimum Gasteiger partial charge on any atom is -0.369 e. The summed E-state index contributed by atoms with van der Waals surface area (Å²) in [7, 11) is -3.45. The number of piperazine rings is 1. The first kappa shape index (κ1) is 17.3. The summed E-state index contributed by atoms with van der Waals surface area (Å²) >= 11 is 5.92. The van der Waals surface area contributed by atoms with E-state index >= 15 is 0 Å². The van der Waals surface area contributed by atoms with Gasteiger partial charge in [0.25, 0.3) is 0 Å². The van der Waals surface area contributed by atoms with E-state index in [0.717, 1.165) is 11.1 Å². The Labute approximate surface area is 157 Å². The Bertz CT molecular complexity index is 1010. The molecule has 0 N–H and O–H groups in total. The van der Waals surface area contributed by atoms with Crippen LogP contribution in [0.5, 0.6) is 0 Å². The van der Waals surface area contributed by atoms with E-state index in [-0.39, 0.29) is 5.75 Å². The molecule has 26 heavy (non-hydrogen) atoms. The van der Waals surface area contributed by atoms with Gasteiger partial charge >= 0.3 is 0 Å². The van der Waals surface area contributed by atoms with E-state index in [2.05, 4.69) is 10.1 Å². The smallest absolute Gasteiger partial charge is 0.220 e. The minimum atomic E-state index is -3.45. The van der Waals surface area contributed by atoms with Crippen LogP contribution in [0.1, 0.15) is 5.69 Å². The lowest BCUT2D eigenvalue weighted by Gasteiger charge is -2.35. The molecule has 0 atom stereocenters. The summed E-state index contributed by atoms with van der Waals surface area (Å²) in [5.74, 6) is -0.148. The average Bonchev–Trinajstić information content (AvgIpc) is 3.05. The Balaban J connectivity index is 1.45. The average molecular weight is 392 g/mol. The van der Waals surface area contributed by atoms with E-state index in [9.17, 15) is 8.42 Å². The second-order valence-corrected chi connectivity index (χ2v) is 8.65. The van der Waals surface area contributed by atoms with E-state index in [4.69, 9.17) is 16.1 Å². The van der Waals surface area contributed by atoms with E-state index in [1.165, 1.54) is 4.31 Å². The maximum Gasteiger partial charge on any atom is 0.220 e. The van der Waals surface area contributed by atoms with Crippen molar-refractivity contribution in [2.75, 3.05) is 31.1 Å². The summed E-state index contributed by atoms with van der Waals surface area (Å²) in [6.45, 7) is 2.17. The molecule has 4 rings (SSSR count). The Kier molecular flexibility index (Phi) is 4.60. The third kappa shape index (κ3) is 3.42. The summed E-state index contributed by atoms with van der Waals surface area (Å²) in [6.07, 6.45) is 0. The van der Waals surface area contributed by atoms with Gasteiger partial charge in [0.2, 0.25) is 10.0 Å². The third-order valence-electron chi connectivity index (χ3n) is 4.60. The molecule has 0 aliphatic carbocycles. The summed E-state index contributed by atoms with van der Waals surface area (Å²) in [4.78, 5) is 2.16. The van der Waals surface area contributed by atoms with E-state index in [1.54, 1.807) is 6.07 Å². The molecular formula is C18H18ClN3O3S. The van der Waals surface area contributed by atoms with Crippen molar-refractivity contribution in [1.82, 2.24) is 9.46 Å². The van der Waals surface area contributed by atoms with Crippen LogP contribution in [0.15, 0.2) is 53.1 Å². The van der Waals surface area contributed by atoms with Crippen LogP contribution in [0.3, 0.4) is 0 Å². The molecule has 0 saturated carbocycles. The molecule has 0 unspecified atom stereocenters. The zero-order valence-corrected chi connectivity index (χ0v) is 15.6. The van der Waals surface area contributed by atoms with Gasteiger partial charge in [0.05, 0.1) is 0 Å². The molecule has 0 bridgehead atoms. The molecule has 8 heteroatoms. The molecule has 1 aromatic heterocycles. The van der Waals surface area contributed by atoms with Crippen molar-refractivity contribution >= 4 is 38.3 Å². The standard InChI is InChI=1S/C18H18ClN3O3S/c19-14-5-7-15(8-6-14)21-9-11-22(12-10-21)26(23,24)13-17-16-3-1-2-4-18(16)25-20-17/h1-8H,9-13H2. The molecule has 0 spiro atoms. The molecule has 0 radical (unpaired) electrons. The number of anilines is 1. The SMILES string of the molecule is O=S(=O)(Cc1noc2ccccc12)N1CCN(c2ccc(Cl)cc2)CC1. The second kappa shape index (κ2) is 6.90. The normalized spacial score (nSPS) is 16.3. The molecule has 3 aromatic rings. The number of hydrogen-bond acceptors (Lipinski definition) is 5. The largest absolute Gasteiger partial charge is 0.369 e. The van der Waals surface area contributed by atoms with Crippen LogP contribution >= 0.6 is 11.6 Å². The molecule has 6 nitrogen and oxygen atoms in total. The van der Waals surface area contributed by atoms with E-state index in [0.29, 0.717) is 42.5 Å². The topological polar surface area (TPSA) is 66.7 Å². The molecular weight excluding hydrogens is 374 g/mol. The Hall–Kier alpha value is -2.09. The molecule has 1 aliphatic heterocycles. The first-order valence-corrected chi connectivity index (χ1v) is 10.3. The maximum atomic E-state index is 12.8. The number of halogens is 1. The number of nitrogens with zero attached hydrogens (tertiary/aromatic N) is 3. The fourth-order valence-electron chi connectivity index (χ4n) is 3.18. The molecule has 1 fully saturated rings. The zero-order valence-electron chi connectivity index (χ0n) is 14.0. The highest BCUT2D eigenvalue weighted by Crippen LogP contribution is 2.23. The highest BCUT2D eigenvalue weighted by Gasteiger charge is 2.28. The van der Waals surface area contributed by atoms with Gasteiger partial charge in [-0.3, -0.25) is 0 Å². The molecule has 0 amide bonds. The van der Waals surface area contributed by atoms with Gasteiger partial charge in [0, 0.05) is 42.3 Å². The minimum absolute atomic E-state index is 0.148. The van der Waals surface area contributed by atoms with Crippen molar-refractivity contribution < 1.29 is 12.9 Å². The Morgan fingerprint density at radius 2 is 1.69 bits per heavy atom. The number of fused-ring (bicyclic) bond motifs is 1. The molecule has 2 heterocycles. The Morgan fingerprint density at radius 3 is 2.42 bits per heavy atom. The van der Waals surface area contributed by atoms with Crippen LogP contribution in [0.2, 0.25) is 5.02 Å². The lowest BCUT2D eigenvalue weighted by atomic mass is 10.2. The first-order chi connectivity index (χ1) is 12.5. The van der Waals surface area contributed by atoms with Gasteiger partial charge in [0.1, 0.15) is 11.4 Å². The van der Waals surface area contributed by atoms with Crippen molar-refractivity contribution in [3.05, 3.63) is 59.2 Å². The fraction of sp³-hybridized carbons (Fsp3) is 0.278. The van der Waals surface area contributed by atoms with Gasteiger partial charge < -0.3 is 9.42 Å². The van der Waals surface area contributed by atoms with Gasteiger partial charge in [-0.15, -0.1) is 0 Å². The van der Waals surface area contributed by atoms with Crippen LogP contribution in [0.25, 0.3) is 11.0 Å². The molecule has 2 aromatic carbocycles. The molecule has 1 saturated heterocycles. The van der Waals surface area contributed by atoms with E-state index < -0.39 is 10.0 Å². The first-order valence-electron chi connectivity index (χ1n) is 8.34. The van der Waals surface area contributed by atoms with Crippen LogP contribution < -0.4 is 4.90 Å². The number of rotatable bonds is 4. The van der Waals surface area contributed by atoms with Gasteiger partial charge in [0.15, 0.2) is 5.58 Å². The summed E-state index contributed by atoms with van der Waals surface area (Å²) < 4.78 is 32.3. The quantitative estimate of drug-likeness (QED) is 0.683. The van der Waals surface area contributed by atoms with Gasteiger partial charge in [-0.05, 0) is 36.4 Å². The van der Waals surface area contributed by atoms with Crippen LogP contribution in [-0.4, -0.2) is 44.1 Å². The predicted molar refractivity (Wildman–Crippen MR) is 102 cm³/mol. The van der Waals surface area contributed by atoms with Crippen molar-refractivity contribution in [3.8, 4) is 0 Å². The van der Waals surface area contributed by atoms with Crippen LogP contribution in [-0.2, 0) is 15.8 Å². The van der Waals surface area contributed by atoms with Crippen LogP contribution in [0, 0.1) is 0 Å². The number of benzene rings is 2. The summed E-state index contributed by atoms with van der Waals surface area (Å²) in [5.41, 5.74) is 2.11. The fourth-order valence-corrected chi connectivity index (χ4v) is 4.76. The van der Waals surface area contributed by atoms with Crippen molar-refractivity contribution in [1.29, 1.82) is 0 Å². The summed E-state index contributed by atoms with van der Waals surface area (Å²) in [6, 6.07) is 14.9. The number of aromatic nitrogens is 1. The second-order valence-electron chi connectivity index (χ2n) is 6.24. The van der Waals surface area contributed by atoms with Gasteiger partial charge in [-0.2, -0.15) is 4.31 Å². The third-order valence-corrected chi connectivity index (χ3v) is 6.64. The van der Waals surface area contributed by atoms with Crippen LogP contribution in [0.4, 0.5) is 5.69 Å². The predicted octanol–water partition coefficient (Wildman–Crippen LogP) is 3.13. The van der Waals surface area contributed by atoms with Crippen molar-refractivity contribution in [3.63, 3.8) is 0 Å². The molecule has 1 aliphatic rings. The van der Waals surface area contributed by atoms with Gasteiger partial charge in [-0.1, -0.05) is 28.9 Å². The van der Waals surface area contributed by atoms with Crippen molar-refractivity contribution in [2.45, 2.75) is 5.75 Å². The van der Waals surface area contributed by atoms with Gasteiger partial charge in [-0.25, -0.2) is 8.42 Å². The number of hydrogen-bond donors (Lipinski definition) is 0. The molecule has 136 valence electrons. The number of sulfonamides is 1. The lowest BCUT2D eigenvalue weighted by molar-refractivity contribution is 0.383. The van der Waals surface area contributed by atoms with E-state index in [1.807, 2.05) is 42.5 Å². The Morgan fingerprint density at radius 1 is 1.00 bits per heavy atom. The number of para-hydroxylation sites is 1. The summed E-state index contributed by atoms with van der Waals surface area (Å²) in [5, 5.41) is 5.38.